The number of carbonyl (C=O) groups is 3. The van der Waals surface area contributed by atoms with Gasteiger partial charge in [0.05, 0.1) is 0 Å². The molecule has 0 aliphatic heterocycles. The molecule has 0 heterocycles. The van der Waals surface area contributed by atoms with Gasteiger partial charge in [-0.1, -0.05) is 12.1 Å². The summed E-state index contributed by atoms with van der Waals surface area (Å²) in [5.74, 6) is -0.594. The lowest BCUT2D eigenvalue weighted by atomic mass is 10.0. The Kier molecular flexibility index (Phi) is 5.15. The topological polar surface area (TPSA) is 78.5 Å². The van der Waals surface area contributed by atoms with Crippen molar-refractivity contribution < 1.29 is 14.4 Å². The number of Topliss-reactive ketones (excluding diaryl/α,β-unsaturated/α-hetero) is 1. The van der Waals surface area contributed by atoms with Crippen molar-refractivity contribution in [3.05, 3.63) is 29.8 Å². The largest absolute Gasteiger partial charge is 0.354 e. The highest BCUT2D eigenvalue weighted by molar-refractivity contribution is 6.13. The Morgan fingerprint density at radius 2 is 1.87 bits per heavy atom. The number of amides is 2. The number of anilines is 1. The molecule has 1 aromatic rings. The van der Waals surface area contributed by atoms with Gasteiger partial charge in [-0.2, -0.15) is 0 Å². The Morgan fingerprint density at radius 1 is 1.17 bits per heavy atom. The minimum absolute atomic E-state index is 0.0661. The fraction of sp³-hybridized carbons (Fsp3) is 0.471. The number of rotatable bonds is 7. The van der Waals surface area contributed by atoms with Crippen LogP contribution in [0.3, 0.4) is 0 Å². The van der Waals surface area contributed by atoms with E-state index in [0.29, 0.717) is 30.6 Å². The molecular formula is C17H23N3O3. The van der Waals surface area contributed by atoms with Crippen LogP contribution in [-0.2, 0) is 9.59 Å². The van der Waals surface area contributed by atoms with Crippen molar-refractivity contribution in [1.82, 2.24) is 10.2 Å². The molecule has 0 spiro atoms. The number of likely N-dealkylation sites (N-methyl/N-ethyl adjacent to an activating group) is 1. The van der Waals surface area contributed by atoms with Crippen molar-refractivity contribution in [1.29, 1.82) is 0 Å². The molecule has 0 atom stereocenters. The predicted molar refractivity (Wildman–Crippen MR) is 88.3 cm³/mol. The Hall–Kier alpha value is -2.21. The summed E-state index contributed by atoms with van der Waals surface area (Å²) in [5.41, 5.74) is 0.108. The quantitative estimate of drug-likeness (QED) is 0.587. The van der Waals surface area contributed by atoms with Crippen molar-refractivity contribution >= 4 is 23.3 Å². The van der Waals surface area contributed by atoms with Crippen LogP contribution in [-0.4, -0.2) is 49.7 Å². The van der Waals surface area contributed by atoms with Gasteiger partial charge in [0.25, 0.3) is 0 Å². The van der Waals surface area contributed by atoms with E-state index in [9.17, 15) is 14.4 Å². The van der Waals surface area contributed by atoms with Crippen LogP contribution in [0.15, 0.2) is 24.3 Å². The van der Waals surface area contributed by atoms with E-state index in [0.717, 1.165) is 6.54 Å². The van der Waals surface area contributed by atoms with Crippen LogP contribution in [0.4, 0.5) is 5.69 Å². The lowest BCUT2D eigenvalue weighted by Crippen LogP contribution is -2.42. The van der Waals surface area contributed by atoms with E-state index in [1.54, 1.807) is 24.3 Å². The molecule has 2 amide bonds. The monoisotopic (exact) mass is 317 g/mol. The molecule has 0 unspecified atom stereocenters. The molecule has 124 valence electrons. The zero-order valence-electron chi connectivity index (χ0n) is 13.8. The summed E-state index contributed by atoms with van der Waals surface area (Å²) in [4.78, 5) is 38.1. The maximum absolute atomic E-state index is 12.4. The second-order valence-electron chi connectivity index (χ2n) is 6.23. The molecule has 6 nitrogen and oxygen atoms in total. The average Bonchev–Trinajstić information content (AvgIpc) is 3.28. The number of ketones is 1. The lowest BCUT2D eigenvalue weighted by molar-refractivity contribution is -0.134. The summed E-state index contributed by atoms with van der Waals surface area (Å²) in [6, 6.07) is 6.74. The van der Waals surface area contributed by atoms with Crippen LogP contribution in [0, 0.1) is 5.41 Å². The van der Waals surface area contributed by atoms with Crippen molar-refractivity contribution in [2.75, 3.05) is 32.5 Å². The van der Waals surface area contributed by atoms with Crippen LogP contribution >= 0.6 is 0 Å². The van der Waals surface area contributed by atoms with E-state index >= 15 is 0 Å². The average molecular weight is 317 g/mol. The highest BCUT2D eigenvalue weighted by atomic mass is 16.2. The highest BCUT2D eigenvalue weighted by Crippen LogP contribution is 2.46. The minimum atomic E-state index is -0.960. The molecular weight excluding hydrogens is 294 g/mol. The molecule has 0 bridgehead atoms. The molecule has 0 radical (unpaired) electrons. The summed E-state index contributed by atoms with van der Waals surface area (Å²) in [7, 11) is 3.85. The zero-order valence-corrected chi connectivity index (χ0v) is 13.8. The van der Waals surface area contributed by atoms with Crippen LogP contribution in [0.1, 0.15) is 30.1 Å². The van der Waals surface area contributed by atoms with E-state index in [1.165, 1.54) is 6.92 Å². The fourth-order valence-electron chi connectivity index (χ4n) is 2.31. The first kappa shape index (κ1) is 17.1. The molecule has 2 rings (SSSR count). The summed E-state index contributed by atoms with van der Waals surface area (Å²) >= 11 is 0. The van der Waals surface area contributed by atoms with Crippen LogP contribution in [0.25, 0.3) is 0 Å². The number of nitrogens with zero attached hydrogens (tertiary/aromatic N) is 1. The number of nitrogens with one attached hydrogen (secondary N) is 2. The van der Waals surface area contributed by atoms with Crippen molar-refractivity contribution in [3.63, 3.8) is 0 Å². The van der Waals surface area contributed by atoms with E-state index in [4.69, 9.17) is 0 Å². The molecule has 1 aliphatic carbocycles. The third-order valence-corrected chi connectivity index (χ3v) is 3.99. The molecule has 6 heteroatoms. The normalized spacial score (nSPS) is 15.1. The first-order valence-electron chi connectivity index (χ1n) is 7.71. The lowest BCUT2D eigenvalue weighted by Gasteiger charge is -2.17. The second kappa shape index (κ2) is 6.91. The van der Waals surface area contributed by atoms with Crippen molar-refractivity contribution in [2.45, 2.75) is 19.8 Å². The van der Waals surface area contributed by atoms with Gasteiger partial charge in [-0.3, -0.25) is 14.4 Å². The van der Waals surface area contributed by atoms with Crippen LogP contribution < -0.4 is 10.6 Å². The van der Waals surface area contributed by atoms with Gasteiger partial charge in [-0.25, -0.2) is 0 Å². The summed E-state index contributed by atoms with van der Waals surface area (Å²) in [6.45, 7) is 2.71. The third-order valence-electron chi connectivity index (χ3n) is 3.99. The van der Waals surface area contributed by atoms with Crippen LogP contribution in [0.2, 0.25) is 0 Å². The van der Waals surface area contributed by atoms with Crippen molar-refractivity contribution in [2.24, 2.45) is 5.41 Å². The minimum Gasteiger partial charge on any atom is -0.354 e. The van der Waals surface area contributed by atoms with E-state index in [1.807, 2.05) is 19.0 Å². The standard InChI is InChI=1S/C17H23N3O3/c1-12(21)13-5-4-6-14(11-13)19-16(23)17(7-8-17)15(22)18-9-10-20(2)3/h4-6,11H,7-10H2,1-3H3,(H,18,22)(H,19,23). The molecule has 1 fully saturated rings. The van der Waals surface area contributed by atoms with Gasteiger partial charge in [0.1, 0.15) is 5.41 Å². The Morgan fingerprint density at radius 3 is 2.43 bits per heavy atom. The first-order valence-corrected chi connectivity index (χ1v) is 7.71. The van der Waals surface area contributed by atoms with Gasteiger partial charge >= 0.3 is 0 Å². The van der Waals surface area contributed by atoms with Gasteiger partial charge in [0.2, 0.25) is 11.8 Å². The fourth-order valence-corrected chi connectivity index (χ4v) is 2.31. The number of hydrogen-bond acceptors (Lipinski definition) is 4. The SMILES string of the molecule is CC(=O)c1cccc(NC(=O)C2(C(=O)NCCN(C)C)CC2)c1. The Bertz CT molecular complexity index is 621. The number of benzene rings is 1. The van der Waals surface area contributed by atoms with Crippen molar-refractivity contribution in [3.8, 4) is 0 Å². The zero-order chi connectivity index (χ0) is 17.0. The van der Waals surface area contributed by atoms with E-state index in [2.05, 4.69) is 10.6 Å². The van der Waals surface area contributed by atoms with Gasteiger partial charge in [-0.15, -0.1) is 0 Å². The molecule has 0 aromatic heterocycles. The van der Waals surface area contributed by atoms with Crippen LogP contribution in [0.5, 0.6) is 0 Å². The molecule has 1 saturated carbocycles. The Balaban J connectivity index is 1.98. The smallest absolute Gasteiger partial charge is 0.240 e. The molecule has 1 aliphatic rings. The number of hydrogen-bond donors (Lipinski definition) is 2. The maximum Gasteiger partial charge on any atom is 0.240 e. The second-order valence-corrected chi connectivity index (χ2v) is 6.23. The highest BCUT2D eigenvalue weighted by Gasteiger charge is 2.56. The summed E-state index contributed by atoms with van der Waals surface area (Å²) in [6.07, 6.45) is 1.11. The maximum atomic E-state index is 12.4. The van der Waals surface area contributed by atoms with E-state index < -0.39 is 5.41 Å². The third kappa shape index (κ3) is 4.16. The Labute approximate surface area is 136 Å². The molecule has 23 heavy (non-hydrogen) atoms. The molecule has 1 aromatic carbocycles. The summed E-state index contributed by atoms with van der Waals surface area (Å²) < 4.78 is 0. The van der Waals surface area contributed by atoms with Gasteiger partial charge in [0.15, 0.2) is 5.78 Å². The van der Waals surface area contributed by atoms with Gasteiger partial charge < -0.3 is 15.5 Å². The van der Waals surface area contributed by atoms with E-state index in [-0.39, 0.29) is 17.6 Å². The van der Waals surface area contributed by atoms with Gasteiger partial charge in [-0.05, 0) is 46.0 Å². The van der Waals surface area contributed by atoms with Gasteiger partial charge in [0, 0.05) is 24.3 Å². The first-order chi connectivity index (χ1) is 10.8. The summed E-state index contributed by atoms with van der Waals surface area (Å²) in [5, 5.41) is 5.58. The molecule has 0 saturated heterocycles. The predicted octanol–water partition coefficient (Wildman–Crippen LogP) is 1.29. The number of carbonyl (C=O) groups excluding carboxylic acids is 3. The molecule has 2 N–H and O–H groups in total.